The molecular weight excluding hydrogens is 388 g/mol. The molecule has 3 aromatic rings. The molecule has 0 N–H and O–H groups in total. The van der Waals surface area contributed by atoms with E-state index in [1.54, 1.807) is 31.2 Å². The molecule has 152 valence electrons. The zero-order chi connectivity index (χ0) is 20.3. The Labute approximate surface area is 171 Å². The Morgan fingerprint density at radius 1 is 1.03 bits per heavy atom. The summed E-state index contributed by atoms with van der Waals surface area (Å²) in [6.07, 6.45) is 0.725. The maximum Gasteiger partial charge on any atom is 0.245 e. The van der Waals surface area contributed by atoms with Crippen LogP contribution in [0.1, 0.15) is 29.7 Å². The van der Waals surface area contributed by atoms with Gasteiger partial charge < -0.3 is 4.52 Å². The van der Waals surface area contributed by atoms with E-state index < -0.39 is 10.0 Å². The van der Waals surface area contributed by atoms with Gasteiger partial charge in [0.05, 0.1) is 4.90 Å². The van der Waals surface area contributed by atoms with Crippen LogP contribution < -0.4 is 0 Å². The van der Waals surface area contributed by atoms with E-state index in [-0.39, 0.29) is 12.6 Å². The van der Waals surface area contributed by atoms with E-state index in [0.717, 1.165) is 18.5 Å². The van der Waals surface area contributed by atoms with Gasteiger partial charge in [-0.1, -0.05) is 53.7 Å². The Balaban J connectivity index is 1.65. The predicted octanol–water partition coefficient (Wildman–Crippen LogP) is 3.02. The molecule has 8 heteroatoms. The van der Waals surface area contributed by atoms with Gasteiger partial charge in [-0.25, -0.2) is 8.42 Å². The average Bonchev–Trinajstić information content (AvgIpc) is 3.05. The lowest BCUT2D eigenvalue weighted by molar-refractivity contribution is 0.155. The first-order chi connectivity index (χ1) is 14.0. The van der Waals surface area contributed by atoms with E-state index in [2.05, 4.69) is 27.2 Å². The lowest BCUT2D eigenvalue weighted by Crippen LogP contribution is -2.37. The summed E-state index contributed by atoms with van der Waals surface area (Å²) in [6.45, 7) is 3.91. The third kappa shape index (κ3) is 4.39. The summed E-state index contributed by atoms with van der Waals surface area (Å²) in [4.78, 5) is 6.94. The van der Waals surface area contributed by atoms with Crippen LogP contribution in [0.2, 0.25) is 0 Å². The molecule has 29 heavy (non-hydrogen) atoms. The van der Waals surface area contributed by atoms with Gasteiger partial charge >= 0.3 is 0 Å². The van der Waals surface area contributed by atoms with Crippen molar-refractivity contribution in [2.75, 3.05) is 19.6 Å². The molecule has 1 aliphatic rings. The number of aryl methyl sites for hydroxylation is 1. The predicted molar refractivity (Wildman–Crippen MR) is 108 cm³/mol. The van der Waals surface area contributed by atoms with Crippen molar-refractivity contribution in [2.45, 2.75) is 30.8 Å². The lowest BCUT2D eigenvalue weighted by Gasteiger charge is -2.29. The number of hydrogen-bond donors (Lipinski definition) is 0. The Morgan fingerprint density at radius 2 is 1.72 bits per heavy atom. The minimum absolute atomic E-state index is 0.270. The molecule has 4 rings (SSSR count). The van der Waals surface area contributed by atoms with E-state index in [1.807, 2.05) is 24.3 Å². The van der Waals surface area contributed by atoms with Gasteiger partial charge in [-0.3, -0.25) is 4.90 Å². The summed E-state index contributed by atoms with van der Waals surface area (Å²) in [7, 11) is -3.60. The highest BCUT2D eigenvalue weighted by molar-refractivity contribution is 7.89. The molecule has 1 atom stereocenters. The maximum absolute atomic E-state index is 13.2. The van der Waals surface area contributed by atoms with E-state index in [4.69, 9.17) is 4.52 Å². The van der Waals surface area contributed by atoms with Gasteiger partial charge in [-0.05, 0) is 31.0 Å². The molecule has 0 saturated carbocycles. The highest BCUT2D eigenvalue weighted by Gasteiger charge is 2.35. The number of sulfonamides is 1. The van der Waals surface area contributed by atoms with Crippen LogP contribution in [0.25, 0.3) is 0 Å². The molecule has 1 unspecified atom stereocenters. The Bertz CT molecular complexity index is 1040. The Morgan fingerprint density at radius 3 is 2.38 bits per heavy atom. The lowest BCUT2D eigenvalue weighted by atomic mass is 10.1. The van der Waals surface area contributed by atoms with Crippen LogP contribution in [0.15, 0.2) is 70.1 Å². The molecule has 0 amide bonds. The molecule has 1 aliphatic heterocycles. The third-order valence-electron chi connectivity index (χ3n) is 5.11. The molecule has 1 saturated heterocycles. The second kappa shape index (κ2) is 8.44. The minimum Gasteiger partial charge on any atom is -0.338 e. The fourth-order valence-corrected chi connectivity index (χ4v) is 5.16. The number of benzene rings is 2. The average molecular weight is 413 g/mol. The van der Waals surface area contributed by atoms with Crippen LogP contribution in [0, 0.1) is 6.92 Å². The van der Waals surface area contributed by atoms with Crippen molar-refractivity contribution in [3.63, 3.8) is 0 Å². The molecule has 0 aliphatic carbocycles. The third-order valence-corrected chi connectivity index (χ3v) is 6.99. The van der Waals surface area contributed by atoms with Crippen molar-refractivity contribution in [2.24, 2.45) is 0 Å². The van der Waals surface area contributed by atoms with Crippen LogP contribution >= 0.6 is 0 Å². The summed E-state index contributed by atoms with van der Waals surface area (Å²) < 4.78 is 33.5. The van der Waals surface area contributed by atoms with E-state index in [0.29, 0.717) is 29.7 Å². The first-order valence-electron chi connectivity index (χ1n) is 9.67. The van der Waals surface area contributed by atoms with Gasteiger partial charge in [-0.2, -0.15) is 9.29 Å². The number of nitrogens with zero attached hydrogens (tertiary/aromatic N) is 4. The van der Waals surface area contributed by atoms with Crippen LogP contribution in [-0.4, -0.2) is 47.4 Å². The second-order valence-electron chi connectivity index (χ2n) is 7.18. The normalized spacial score (nSPS) is 19.1. The molecule has 7 nitrogen and oxygen atoms in total. The molecule has 1 fully saturated rings. The molecule has 0 radical (unpaired) electrons. The number of rotatable bonds is 5. The molecular formula is C21H24N4O3S. The van der Waals surface area contributed by atoms with E-state index in [1.165, 1.54) is 4.31 Å². The smallest absolute Gasteiger partial charge is 0.245 e. The Hall–Kier alpha value is -2.55. The molecule has 2 heterocycles. The van der Waals surface area contributed by atoms with Crippen LogP contribution in [0.3, 0.4) is 0 Å². The highest BCUT2D eigenvalue weighted by atomic mass is 32.2. The summed E-state index contributed by atoms with van der Waals surface area (Å²) in [6, 6.07) is 18.4. The SMILES string of the molecule is Cc1noc(C2CN(S(=O)(=O)c3ccccc3)CCCN2Cc2ccccc2)n1. The maximum atomic E-state index is 13.2. The summed E-state index contributed by atoms with van der Waals surface area (Å²) >= 11 is 0. The number of aromatic nitrogens is 2. The van der Waals surface area contributed by atoms with Gasteiger partial charge in [0.2, 0.25) is 15.9 Å². The summed E-state index contributed by atoms with van der Waals surface area (Å²) in [5.74, 6) is 0.995. The monoisotopic (exact) mass is 412 g/mol. The van der Waals surface area contributed by atoms with Crippen molar-refractivity contribution in [3.8, 4) is 0 Å². The molecule has 2 aromatic carbocycles. The number of hydrogen-bond acceptors (Lipinski definition) is 6. The van der Waals surface area contributed by atoms with Crippen molar-refractivity contribution >= 4 is 10.0 Å². The van der Waals surface area contributed by atoms with Gasteiger partial charge in [0.1, 0.15) is 6.04 Å². The van der Waals surface area contributed by atoms with Crippen molar-refractivity contribution in [3.05, 3.63) is 77.9 Å². The minimum atomic E-state index is -3.60. The van der Waals surface area contributed by atoms with E-state index in [9.17, 15) is 8.42 Å². The van der Waals surface area contributed by atoms with Gasteiger partial charge in [0.15, 0.2) is 5.82 Å². The first-order valence-corrected chi connectivity index (χ1v) is 11.1. The fourth-order valence-electron chi connectivity index (χ4n) is 3.66. The topological polar surface area (TPSA) is 79.5 Å². The van der Waals surface area contributed by atoms with Crippen molar-refractivity contribution in [1.82, 2.24) is 19.3 Å². The van der Waals surface area contributed by atoms with Crippen molar-refractivity contribution in [1.29, 1.82) is 0 Å². The van der Waals surface area contributed by atoms with Crippen LogP contribution in [0.4, 0.5) is 0 Å². The van der Waals surface area contributed by atoms with Gasteiger partial charge in [0.25, 0.3) is 0 Å². The summed E-state index contributed by atoms with van der Waals surface area (Å²) in [5.41, 5.74) is 1.16. The molecule has 1 aromatic heterocycles. The van der Waals surface area contributed by atoms with Crippen LogP contribution in [0.5, 0.6) is 0 Å². The summed E-state index contributed by atoms with van der Waals surface area (Å²) in [5, 5.41) is 3.93. The zero-order valence-corrected chi connectivity index (χ0v) is 17.1. The largest absolute Gasteiger partial charge is 0.338 e. The van der Waals surface area contributed by atoms with E-state index >= 15 is 0 Å². The fraction of sp³-hybridized carbons (Fsp3) is 0.333. The van der Waals surface area contributed by atoms with Gasteiger partial charge in [-0.15, -0.1) is 0 Å². The Kier molecular flexibility index (Phi) is 5.75. The van der Waals surface area contributed by atoms with Crippen LogP contribution in [-0.2, 0) is 16.6 Å². The quantitative estimate of drug-likeness (QED) is 0.641. The molecule has 0 bridgehead atoms. The van der Waals surface area contributed by atoms with Crippen molar-refractivity contribution < 1.29 is 12.9 Å². The molecule has 0 spiro atoms. The zero-order valence-electron chi connectivity index (χ0n) is 16.3. The highest BCUT2D eigenvalue weighted by Crippen LogP contribution is 2.29. The second-order valence-corrected chi connectivity index (χ2v) is 9.12. The standard InChI is InChI=1S/C21H24N4O3S/c1-17-22-21(28-23-17)20-16-25(29(26,27)19-11-6-3-7-12-19)14-8-13-24(20)15-18-9-4-2-5-10-18/h2-7,9-12,20H,8,13-16H2,1H3. The first kappa shape index (κ1) is 19.8. The van der Waals surface area contributed by atoms with Gasteiger partial charge in [0, 0.05) is 26.2 Å².